The topological polar surface area (TPSA) is 246 Å². The summed E-state index contributed by atoms with van der Waals surface area (Å²) in [5.74, 6) is -1.05. The van der Waals surface area contributed by atoms with Gasteiger partial charge in [0, 0.05) is 13.8 Å². The summed E-state index contributed by atoms with van der Waals surface area (Å²) in [6.07, 6.45) is -16.6. The fraction of sp³-hybridized carbons (Fsp3) is 0.909. The van der Waals surface area contributed by atoms with Crippen molar-refractivity contribution in [3.8, 4) is 0 Å². The smallest absolute Gasteiger partial charge is 0.217 e. The molecule has 3 fully saturated rings. The van der Waals surface area contributed by atoms with Gasteiger partial charge in [0.2, 0.25) is 11.8 Å². The van der Waals surface area contributed by atoms with E-state index in [2.05, 4.69) is 10.6 Å². The van der Waals surface area contributed by atoms with Gasteiger partial charge in [-0.15, -0.1) is 0 Å². The molecule has 3 rings (SSSR count). The van der Waals surface area contributed by atoms with E-state index in [1.807, 2.05) is 0 Å². The van der Waals surface area contributed by atoms with E-state index >= 15 is 0 Å². The second-order valence-electron chi connectivity index (χ2n) is 9.72. The molecule has 2 amide bonds. The lowest BCUT2D eigenvalue weighted by Crippen LogP contribution is -2.68. The zero-order valence-corrected chi connectivity index (χ0v) is 21.2. The summed E-state index contributed by atoms with van der Waals surface area (Å²) in [5.41, 5.74) is 0. The molecule has 0 radical (unpaired) electrons. The highest BCUT2D eigenvalue weighted by molar-refractivity contribution is 5.73. The van der Waals surface area contributed by atoms with Crippen LogP contribution in [0.15, 0.2) is 0 Å². The number of rotatable bonds is 8. The van der Waals surface area contributed by atoms with Gasteiger partial charge >= 0.3 is 0 Å². The first-order valence-electron chi connectivity index (χ1n) is 12.3. The zero-order chi connectivity index (χ0) is 28.3. The Morgan fingerprint density at radius 2 is 1.47 bits per heavy atom. The maximum absolute atomic E-state index is 11.8. The number of aliphatic hydroxyl groups excluding tert-OH is 7. The molecule has 3 aliphatic heterocycles. The van der Waals surface area contributed by atoms with E-state index in [-0.39, 0.29) is 13.2 Å². The SMILES string of the molecule is CC(=O)N[C@H]1[C@H](O[C@H]2[C@H](O)[C@@H](NC(C)=O)CO[C@@H]2CO[C@@H]2O[C@@H](C)[C@@H](O)[C@@H](O)[C@@H]2O)O[C@H](CO)[C@@H](O)[C@@H]1O. The second kappa shape index (κ2) is 13.2. The Bertz CT molecular complexity index is 806. The normalized spacial score (nSPS) is 45.8. The highest BCUT2D eigenvalue weighted by atomic mass is 16.7. The fourth-order valence-electron chi connectivity index (χ4n) is 4.65. The number of carbonyl (C=O) groups excluding carboxylic acids is 2. The van der Waals surface area contributed by atoms with Crippen molar-refractivity contribution >= 4 is 11.8 Å². The van der Waals surface area contributed by atoms with E-state index in [0.29, 0.717) is 0 Å². The molecule has 0 spiro atoms. The van der Waals surface area contributed by atoms with Crippen LogP contribution < -0.4 is 10.6 Å². The van der Waals surface area contributed by atoms with Gasteiger partial charge in [-0.1, -0.05) is 0 Å². The number of aliphatic hydroxyl groups is 7. The molecule has 0 aromatic rings. The van der Waals surface area contributed by atoms with Crippen LogP contribution >= 0.6 is 0 Å². The summed E-state index contributed by atoms with van der Waals surface area (Å²) < 4.78 is 28.3. The van der Waals surface area contributed by atoms with Gasteiger partial charge in [0.25, 0.3) is 0 Å². The van der Waals surface area contributed by atoms with Crippen LogP contribution in [0.4, 0.5) is 0 Å². The number of amides is 2. The van der Waals surface area contributed by atoms with E-state index in [9.17, 15) is 45.3 Å². The van der Waals surface area contributed by atoms with Crippen LogP contribution in [0, 0.1) is 0 Å². The molecule has 3 saturated heterocycles. The lowest BCUT2D eigenvalue weighted by Gasteiger charge is -2.47. The fourth-order valence-corrected chi connectivity index (χ4v) is 4.65. The Morgan fingerprint density at radius 1 is 0.816 bits per heavy atom. The van der Waals surface area contributed by atoms with Crippen LogP contribution in [0.3, 0.4) is 0 Å². The lowest BCUT2D eigenvalue weighted by molar-refractivity contribution is -0.323. The van der Waals surface area contributed by atoms with Crippen molar-refractivity contribution in [2.75, 3.05) is 19.8 Å². The van der Waals surface area contributed by atoms with Crippen molar-refractivity contribution in [1.82, 2.24) is 10.6 Å². The van der Waals surface area contributed by atoms with Crippen molar-refractivity contribution < 1.29 is 69.0 Å². The molecule has 9 N–H and O–H groups in total. The number of ether oxygens (including phenoxy) is 5. The van der Waals surface area contributed by atoms with E-state index < -0.39 is 104 Å². The Balaban J connectivity index is 1.80. The van der Waals surface area contributed by atoms with Gasteiger partial charge in [-0.3, -0.25) is 9.59 Å². The summed E-state index contributed by atoms with van der Waals surface area (Å²) in [4.78, 5) is 23.4. The monoisotopic (exact) mass is 554 g/mol. The molecule has 0 saturated carbocycles. The lowest BCUT2D eigenvalue weighted by atomic mass is 9.95. The largest absolute Gasteiger partial charge is 0.394 e. The molecule has 0 aliphatic carbocycles. The summed E-state index contributed by atoms with van der Waals surface area (Å²) in [7, 11) is 0. The summed E-state index contributed by atoms with van der Waals surface area (Å²) in [6, 6.07) is -2.25. The first-order chi connectivity index (χ1) is 17.8. The van der Waals surface area contributed by atoms with Gasteiger partial charge in [0.1, 0.15) is 61.0 Å². The molecule has 16 nitrogen and oxygen atoms in total. The Labute approximate surface area is 218 Å². The van der Waals surface area contributed by atoms with Crippen molar-refractivity contribution in [3.05, 3.63) is 0 Å². The summed E-state index contributed by atoms with van der Waals surface area (Å²) in [6.45, 7) is 2.64. The minimum Gasteiger partial charge on any atom is -0.394 e. The van der Waals surface area contributed by atoms with Crippen LogP contribution in [-0.2, 0) is 33.3 Å². The molecule has 14 atom stereocenters. The van der Waals surface area contributed by atoms with Crippen LogP contribution in [-0.4, -0.2) is 153 Å². The van der Waals surface area contributed by atoms with Gasteiger partial charge in [-0.05, 0) is 6.92 Å². The predicted octanol–water partition coefficient (Wildman–Crippen LogP) is -5.58. The van der Waals surface area contributed by atoms with Gasteiger partial charge in [0.05, 0.1) is 32.0 Å². The first kappa shape index (κ1) is 31.0. The van der Waals surface area contributed by atoms with Gasteiger partial charge in [0.15, 0.2) is 12.6 Å². The molecule has 0 bridgehead atoms. The Kier molecular flexibility index (Phi) is 10.8. The van der Waals surface area contributed by atoms with Crippen molar-refractivity contribution in [2.45, 2.75) is 106 Å². The molecule has 220 valence electrons. The number of carbonyl (C=O) groups is 2. The van der Waals surface area contributed by atoms with Crippen molar-refractivity contribution in [3.63, 3.8) is 0 Å². The van der Waals surface area contributed by atoms with Crippen molar-refractivity contribution in [1.29, 1.82) is 0 Å². The van der Waals surface area contributed by atoms with Crippen molar-refractivity contribution in [2.24, 2.45) is 0 Å². The van der Waals surface area contributed by atoms with E-state index in [4.69, 9.17) is 23.7 Å². The Hall–Kier alpha value is -1.54. The predicted molar refractivity (Wildman–Crippen MR) is 122 cm³/mol. The third-order valence-corrected chi connectivity index (χ3v) is 6.77. The molecular formula is C22H38N2O14. The minimum absolute atomic E-state index is 0.165. The van der Waals surface area contributed by atoms with Gasteiger partial charge in [-0.2, -0.15) is 0 Å². The molecular weight excluding hydrogens is 516 g/mol. The number of nitrogens with one attached hydrogen (secondary N) is 2. The zero-order valence-electron chi connectivity index (χ0n) is 21.2. The second-order valence-corrected chi connectivity index (χ2v) is 9.72. The van der Waals surface area contributed by atoms with E-state index in [0.717, 1.165) is 6.92 Å². The number of hydrogen-bond acceptors (Lipinski definition) is 14. The molecule has 38 heavy (non-hydrogen) atoms. The van der Waals surface area contributed by atoms with Crippen LogP contribution in [0.1, 0.15) is 20.8 Å². The van der Waals surface area contributed by atoms with Crippen LogP contribution in [0.25, 0.3) is 0 Å². The third kappa shape index (κ3) is 6.96. The highest BCUT2D eigenvalue weighted by Crippen LogP contribution is 2.29. The van der Waals surface area contributed by atoms with Crippen LogP contribution in [0.5, 0.6) is 0 Å². The molecule has 16 heteroatoms. The summed E-state index contributed by atoms with van der Waals surface area (Å²) in [5, 5.41) is 76.5. The standard InChI is InChI=1S/C22H38N2O14/c1-7-14(28)18(32)19(33)22(36-7)35-6-12-20(15(29)10(5-34-12)23-8(2)26)38-21-13(24-9(3)27)17(31)16(30)11(4-25)37-21/h7,10-22,25,28-33H,4-6H2,1-3H3,(H,23,26)(H,24,27)/t7-,10-,11+,12+,13+,14+,15+,16+,17+,18+,19-,20+,21-,22+/m0/s1. The quantitative estimate of drug-likeness (QED) is 0.136. The molecule has 0 aromatic carbocycles. The molecule has 3 heterocycles. The minimum atomic E-state index is -1.61. The number of hydrogen-bond donors (Lipinski definition) is 9. The van der Waals surface area contributed by atoms with Crippen LogP contribution in [0.2, 0.25) is 0 Å². The van der Waals surface area contributed by atoms with E-state index in [1.54, 1.807) is 0 Å². The maximum Gasteiger partial charge on any atom is 0.217 e. The van der Waals surface area contributed by atoms with Gasteiger partial charge in [-0.25, -0.2) is 0 Å². The molecule has 3 aliphatic rings. The average molecular weight is 555 g/mol. The van der Waals surface area contributed by atoms with E-state index in [1.165, 1.54) is 13.8 Å². The average Bonchev–Trinajstić information content (AvgIpc) is 2.86. The highest BCUT2D eigenvalue weighted by Gasteiger charge is 2.50. The third-order valence-electron chi connectivity index (χ3n) is 6.77. The van der Waals surface area contributed by atoms with Gasteiger partial charge < -0.3 is 70.1 Å². The summed E-state index contributed by atoms with van der Waals surface area (Å²) >= 11 is 0. The Morgan fingerprint density at radius 3 is 2.08 bits per heavy atom. The molecule has 0 unspecified atom stereocenters. The first-order valence-corrected chi connectivity index (χ1v) is 12.3. The molecule has 0 aromatic heterocycles. The maximum atomic E-state index is 11.8.